The third-order valence-electron chi connectivity index (χ3n) is 2.98. The molecule has 0 heterocycles. The molecule has 2 atom stereocenters. The van der Waals surface area contributed by atoms with E-state index in [1.807, 2.05) is 0 Å². The number of aliphatic carboxylic acids is 1. The van der Waals surface area contributed by atoms with E-state index in [1.54, 1.807) is 44.3 Å². The van der Waals surface area contributed by atoms with Crippen LogP contribution in [0.5, 0.6) is 0 Å². The van der Waals surface area contributed by atoms with E-state index >= 15 is 0 Å². The van der Waals surface area contributed by atoms with Gasteiger partial charge in [0.25, 0.3) is 0 Å². The van der Waals surface area contributed by atoms with Crippen molar-refractivity contribution in [2.45, 2.75) is 25.4 Å². The predicted octanol–water partition coefficient (Wildman–Crippen LogP) is 0.711. The first-order valence-electron chi connectivity index (χ1n) is 5.70. The fourth-order valence-electron chi connectivity index (χ4n) is 1.51. The second-order valence-electron chi connectivity index (χ2n) is 4.30. The lowest BCUT2D eigenvalue weighted by Crippen LogP contribution is -2.54. The zero-order chi connectivity index (χ0) is 13.8. The number of likely N-dealkylation sites (N-methyl/N-ethyl adjacent to an activating group) is 1. The number of carboxylic acid groups (broad SMARTS) is 1. The predicted molar refractivity (Wildman–Crippen MR) is 68.1 cm³/mol. The molecule has 0 bridgehead atoms. The highest BCUT2D eigenvalue weighted by molar-refractivity contribution is 5.90. The first kappa shape index (κ1) is 14.2. The van der Waals surface area contributed by atoms with Crippen LogP contribution in [-0.2, 0) is 15.1 Å². The topological polar surface area (TPSA) is 78.4 Å². The molecule has 0 aliphatic heterocycles. The molecule has 0 aromatic heterocycles. The minimum absolute atomic E-state index is 0.355. The van der Waals surface area contributed by atoms with E-state index in [0.717, 1.165) is 0 Å². The van der Waals surface area contributed by atoms with Gasteiger partial charge in [-0.05, 0) is 26.5 Å². The Morgan fingerprint density at radius 2 is 1.83 bits per heavy atom. The van der Waals surface area contributed by atoms with Gasteiger partial charge < -0.3 is 15.7 Å². The van der Waals surface area contributed by atoms with Gasteiger partial charge in [-0.15, -0.1) is 0 Å². The molecular formula is C13H18N2O3. The van der Waals surface area contributed by atoms with Crippen molar-refractivity contribution >= 4 is 11.9 Å². The summed E-state index contributed by atoms with van der Waals surface area (Å²) >= 11 is 0. The molecule has 5 heteroatoms. The van der Waals surface area contributed by atoms with Crippen molar-refractivity contribution in [2.75, 3.05) is 7.05 Å². The summed E-state index contributed by atoms with van der Waals surface area (Å²) in [5.74, 6) is -1.45. The van der Waals surface area contributed by atoms with Gasteiger partial charge in [-0.25, -0.2) is 4.79 Å². The number of carbonyl (C=O) groups excluding carboxylic acids is 1. The smallest absolute Gasteiger partial charge is 0.333 e. The van der Waals surface area contributed by atoms with E-state index in [2.05, 4.69) is 10.6 Å². The summed E-state index contributed by atoms with van der Waals surface area (Å²) in [6.45, 7) is 3.15. The molecule has 0 saturated heterocycles. The van der Waals surface area contributed by atoms with Crippen LogP contribution in [0.3, 0.4) is 0 Å². The van der Waals surface area contributed by atoms with Crippen molar-refractivity contribution in [2.24, 2.45) is 0 Å². The van der Waals surface area contributed by atoms with Crippen LogP contribution in [0.25, 0.3) is 0 Å². The van der Waals surface area contributed by atoms with Gasteiger partial charge in [0.2, 0.25) is 5.91 Å². The zero-order valence-corrected chi connectivity index (χ0v) is 10.7. The maximum absolute atomic E-state index is 11.8. The Hall–Kier alpha value is -1.88. The summed E-state index contributed by atoms with van der Waals surface area (Å²) in [6.07, 6.45) is 0. The molecule has 1 aromatic carbocycles. The van der Waals surface area contributed by atoms with Crippen molar-refractivity contribution in [1.29, 1.82) is 0 Å². The van der Waals surface area contributed by atoms with Crippen LogP contribution < -0.4 is 10.6 Å². The molecule has 0 radical (unpaired) electrons. The van der Waals surface area contributed by atoms with Gasteiger partial charge in [-0.1, -0.05) is 30.3 Å². The molecule has 3 N–H and O–H groups in total. The highest BCUT2D eigenvalue weighted by Gasteiger charge is 2.37. The third kappa shape index (κ3) is 2.87. The minimum Gasteiger partial charge on any atom is -0.479 e. The molecule has 98 valence electrons. The fraction of sp³-hybridized carbons (Fsp3) is 0.385. The molecule has 1 amide bonds. The Morgan fingerprint density at radius 1 is 1.28 bits per heavy atom. The molecule has 1 aromatic rings. The maximum atomic E-state index is 11.8. The zero-order valence-electron chi connectivity index (χ0n) is 10.7. The number of amides is 1. The average molecular weight is 250 g/mol. The van der Waals surface area contributed by atoms with Gasteiger partial charge in [-0.2, -0.15) is 0 Å². The Labute approximate surface area is 106 Å². The van der Waals surface area contributed by atoms with E-state index in [-0.39, 0.29) is 5.91 Å². The normalized spacial score (nSPS) is 15.5. The van der Waals surface area contributed by atoms with E-state index in [0.29, 0.717) is 5.56 Å². The summed E-state index contributed by atoms with van der Waals surface area (Å²) in [5.41, 5.74) is -0.891. The van der Waals surface area contributed by atoms with Gasteiger partial charge in [0.15, 0.2) is 5.54 Å². The molecule has 0 spiro atoms. The van der Waals surface area contributed by atoms with Gasteiger partial charge in [0.1, 0.15) is 0 Å². The van der Waals surface area contributed by atoms with Crippen LogP contribution in [0.2, 0.25) is 0 Å². The van der Waals surface area contributed by atoms with E-state index < -0.39 is 17.6 Å². The van der Waals surface area contributed by atoms with Crippen LogP contribution in [-0.4, -0.2) is 30.1 Å². The van der Waals surface area contributed by atoms with Crippen molar-refractivity contribution in [1.82, 2.24) is 10.6 Å². The Morgan fingerprint density at radius 3 is 2.28 bits per heavy atom. The van der Waals surface area contributed by atoms with Crippen LogP contribution in [0.15, 0.2) is 30.3 Å². The first-order chi connectivity index (χ1) is 8.41. The van der Waals surface area contributed by atoms with Gasteiger partial charge in [-0.3, -0.25) is 4.79 Å². The van der Waals surface area contributed by atoms with Crippen LogP contribution in [0.4, 0.5) is 0 Å². The fourth-order valence-corrected chi connectivity index (χ4v) is 1.51. The van der Waals surface area contributed by atoms with Crippen LogP contribution in [0, 0.1) is 0 Å². The highest BCUT2D eigenvalue weighted by atomic mass is 16.4. The van der Waals surface area contributed by atoms with Crippen molar-refractivity contribution in [3.05, 3.63) is 35.9 Å². The number of rotatable bonds is 5. The molecule has 0 aliphatic rings. The van der Waals surface area contributed by atoms with Gasteiger partial charge in [0, 0.05) is 0 Å². The molecular weight excluding hydrogens is 232 g/mol. The standard InChI is InChI=1S/C13H18N2O3/c1-9(14-3)11(16)15-13(2,12(17)18)10-7-5-4-6-8-10/h4-9,14H,1-3H3,(H,15,16)(H,17,18). The van der Waals surface area contributed by atoms with Crippen molar-refractivity contribution in [3.63, 3.8) is 0 Å². The van der Waals surface area contributed by atoms with Gasteiger partial charge >= 0.3 is 5.97 Å². The highest BCUT2D eigenvalue weighted by Crippen LogP contribution is 2.20. The SMILES string of the molecule is CNC(C)C(=O)NC(C)(C(=O)O)c1ccccc1. The lowest BCUT2D eigenvalue weighted by atomic mass is 9.91. The summed E-state index contributed by atoms with van der Waals surface area (Å²) < 4.78 is 0. The van der Waals surface area contributed by atoms with E-state index in [9.17, 15) is 14.7 Å². The average Bonchev–Trinajstić information content (AvgIpc) is 2.38. The molecule has 0 saturated carbocycles. The molecule has 0 aliphatic carbocycles. The largest absolute Gasteiger partial charge is 0.479 e. The monoisotopic (exact) mass is 250 g/mol. The molecule has 2 unspecified atom stereocenters. The lowest BCUT2D eigenvalue weighted by molar-refractivity contribution is -0.147. The van der Waals surface area contributed by atoms with E-state index in [1.165, 1.54) is 6.92 Å². The quantitative estimate of drug-likeness (QED) is 0.719. The number of carboxylic acids is 1. The van der Waals surface area contributed by atoms with Crippen molar-refractivity contribution in [3.8, 4) is 0 Å². The number of hydrogen-bond donors (Lipinski definition) is 3. The molecule has 5 nitrogen and oxygen atoms in total. The molecule has 18 heavy (non-hydrogen) atoms. The molecule has 0 fully saturated rings. The van der Waals surface area contributed by atoms with Crippen molar-refractivity contribution < 1.29 is 14.7 Å². The molecule has 1 rings (SSSR count). The first-order valence-corrected chi connectivity index (χ1v) is 5.70. The minimum atomic E-state index is -1.43. The summed E-state index contributed by atoms with van der Waals surface area (Å²) in [7, 11) is 1.64. The Bertz CT molecular complexity index is 433. The summed E-state index contributed by atoms with van der Waals surface area (Å²) in [4.78, 5) is 23.3. The Kier molecular flexibility index (Phi) is 4.44. The maximum Gasteiger partial charge on any atom is 0.333 e. The Balaban J connectivity index is 3.03. The number of benzene rings is 1. The third-order valence-corrected chi connectivity index (χ3v) is 2.98. The number of hydrogen-bond acceptors (Lipinski definition) is 3. The second-order valence-corrected chi connectivity index (χ2v) is 4.30. The summed E-state index contributed by atoms with van der Waals surface area (Å²) in [5, 5.41) is 14.7. The summed E-state index contributed by atoms with van der Waals surface area (Å²) in [6, 6.07) is 8.18. The van der Waals surface area contributed by atoms with Crippen LogP contribution in [0.1, 0.15) is 19.4 Å². The van der Waals surface area contributed by atoms with Crippen LogP contribution >= 0.6 is 0 Å². The van der Waals surface area contributed by atoms with E-state index in [4.69, 9.17) is 0 Å². The van der Waals surface area contributed by atoms with Gasteiger partial charge in [0.05, 0.1) is 6.04 Å². The lowest BCUT2D eigenvalue weighted by Gasteiger charge is -2.28. The number of carbonyl (C=O) groups is 2. The second kappa shape index (κ2) is 5.64. The number of nitrogens with one attached hydrogen (secondary N) is 2.